The van der Waals surface area contributed by atoms with Gasteiger partial charge >= 0.3 is 39.7 Å². The molecule has 0 aromatic rings. The molecule has 0 aromatic carbocycles. The molecule has 0 unspecified atom stereocenters. The first-order valence-corrected chi connectivity index (χ1v) is 2.97. The van der Waals surface area contributed by atoms with E-state index in [1.807, 2.05) is 0 Å². The van der Waals surface area contributed by atoms with E-state index in [1.165, 1.54) is 0 Å². The van der Waals surface area contributed by atoms with Crippen LogP contribution in [0.1, 0.15) is 0 Å². The Labute approximate surface area is 43.9 Å². The molecular formula is HCeFO2. The minimum absolute atomic E-state index is 0. The average Bonchev–Trinajstić information content (AvgIpc) is 0.918. The molecule has 0 aromatic heterocycles. The van der Waals surface area contributed by atoms with Crippen LogP contribution in [0.4, 0.5) is 4.70 Å². The quantitative estimate of drug-likeness (QED) is 0.537. The van der Waals surface area contributed by atoms with Crippen LogP contribution in [0.3, 0.4) is 0 Å². The molecule has 0 bridgehead atoms. The van der Waals surface area contributed by atoms with Gasteiger partial charge in [-0.3, -0.25) is 4.70 Å². The molecule has 0 radical (unpaired) electrons. The molecule has 2 nitrogen and oxygen atoms in total. The third-order valence-corrected chi connectivity index (χ3v) is 0. The second-order valence-corrected chi connectivity index (χ2v) is 0.607. The van der Waals surface area contributed by atoms with Crippen molar-refractivity contribution >= 4 is 0 Å². The zero-order chi connectivity index (χ0) is 2.71. The van der Waals surface area contributed by atoms with Crippen molar-refractivity contribution in [3.8, 4) is 0 Å². The number of hydrogen-bond donors (Lipinski definition) is 0. The van der Waals surface area contributed by atoms with Gasteiger partial charge in [0.2, 0.25) is 0 Å². The van der Waals surface area contributed by atoms with Gasteiger partial charge in [0, 0.05) is 0 Å². The topological polar surface area (TPSA) is 34.1 Å². The Morgan fingerprint density at radius 1 is 1.25 bits per heavy atom. The molecule has 0 aliphatic heterocycles. The Hall–Kier alpha value is 0.907. The van der Waals surface area contributed by atoms with E-state index in [-0.39, 0.29) is 4.70 Å². The monoisotopic (exact) mass is 192 g/mol. The summed E-state index contributed by atoms with van der Waals surface area (Å²) in [6.07, 6.45) is 0. The van der Waals surface area contributed by atoms with Gasteiger partial charge in [-0.05, 0) is 0 Å². The van der Waals surface area contributed by atoms with Gasteiger partial charge in [0.25, 0.3) is 0 Å². The van der Waals surface area contributed by atoms with Crippen LogP contribution in [-0.2, 0) is 1.88 Å². The molecule has 24 valence electrons. The Morgan fingerprint density at radius 2 is 1.25 bits per heavy atom. The molecule has 0 rings (SSSR count). The normalized spacial score (nSPS) is 2.00. The van der Waals surface area contributed by atoms with Crippen molar-refractivity contribution in [2.75, 3.05) is 0 Å². The summed E-state index contributed by atoms with van der Waals surface area (Å²) in [7, 11) is 0. The standard InChI is InChI=1S/Ce.FH.2O/h;1H;;. The number of hydrogen-bond acceptors (Lipinski definition) is 2. The van der Waals surface area contributed by atoms with Crippen molar-refractivity contribution in [3.05, 3.63) is 0 Å². The zero-order valence-electron chi connectivity index (χ0n) is 1.72. The average molecular weight is 192 g/mol. The predicted molar refractivity (Wildman–Crippen MR) is 3.88 cm³/mol. The fourth-order valence-corrected chi connectivity index (χ4v) is 0. The first kappa shape index (κ1) is 8.86. The van der Waals surface area contributed by atoms with Gasteiger partial charge in [-0.2, -0.15) is 0 Å². The van der Waals surface area contributed by atoms with Crippen LogP contribution in [0.25, 0.3) is 0 Å². The van der Waals surface area contributed by atoms with Crippen LogP contribution >= 0.6 is 0 Å². The van der Waals surface area contributed by atoms with Crippen molar-refractivity contribution in [2.24, 2.45) is 0 Å². The Kier molecular flexibility index (Phi) is 20.1. The first-order chi connectivity index (χ1) is 1.41. The third-order valence-electron chi connectivity index (χ3n) is 0. The van der Waals surface area contributed by atoms with Crippen LogP contribution in [0.15, 0.2) is 0 Å². The number of halogens is 1. The molecule has 0 saturated heterocycles. The molecule has 0 fully saturated rings. The van der Waals surface area contributed by atoms with Crippen LogP contribution in [0, 0.1) is 37.8 Å². The Bertz CT molecular complexity index is 27.0. The molecule has 4 heavy (non-hydrogen) atoms. The van der Waals surface area contributed by atoms with Gasteiger partial charge < -0.3 is 0 Å². The summed E-state index contributed by atoms with van der Waals surface area (Å²) < 4.78 is 17.1. The van der Waals surface area contributed by atoms with Gasteiger partial charge in [0.1, 0.15) is 0 Å². The molecule has 0 amide bonds. The summed E-state index contributed by atoms with van der Waals surface area (Å²) in [6, 6.07) is 0. The maximum absolute atomic E-state index is 8.57. The van der Waals surface area contributed by atoms with Crippen molar-refractivity contribution < 1.29 is 44.4 Å². The molecule has 0 saturated carbocycles. The summed E-state index contributed by atoms with van der Waals surface area (Å²) in [5.41, 5.74) is 0. The van der Waals surface area contributed by atoms with Gasteiger partial charge in [0.05, 0.1) is 0 Å². The first-order valence-electron chi connectivity index (χ1n) is 0.408. The summed E-state index contributed by atoms with van der Waals surface area (Å²) in [5.74, 6) is 0. The second kappa shape index (κ2) is 9.08. The van der Waals surface area contributed by atoms with Crippen LogP contribution in [0.2, 0.25) is 0 Å². The van der Waals surface area contributed by atoms with E-state index >= 15 is 0 Å². The van der Waals surface area contributed by atoms with Crippen molar-refractivity contribution in [1.29, 1.82) is 0 Å². The fraction of sp³-hybridized carbons (Fsp3) is 0. The molecule has 0 aliphatic carbocycles. The molecule has 0 heterocycles. The molecule has 4 heteroatoms. The molecule has 0 aliphatic rings. The summed E-state index contributed by atoms with van der Waals surface area (Å²) in [5, 5.41) is 0. The number of rotatable bonds is 0. The zero-order valence-corrected chi connectivity index (χ0v) is 4.86. The maximum atomic E-state index is 8.57. The van der Waals surface area contributed by atoms with Gasteiger partial charge in [-0.15, -0.1) is 0 Å². The molecule has 0 spiro atoms. The van der Waals surface area contributed by atoms with Crippen LogP contribution < -0.4 is 0 Å². The Morgan fingerprint density at radius 3 is 1.25 bits per heavy atom. The minimum atomic E-state index is -2.42. The second-order valence-electron chi connectivity index (χ2n) is 0.0833. The van der Waals surface area contributed by atoms with E-state index in [0.717, 1.165) is 0 Å². The van der Waals surface area contributed by atoms with Crippen molar-refractivity contribution in [1.82, 2.24) is 0 Å². The summed E-state index contributed by atoms with van der Waals surface area (Å²) >= 11 is -2.42. The van der Waals surface area contributed by atoms with E-state index in [0.29, 0.717) is 0 Å². The SMILES string of the molecule is F.[O]=[Ce]=[O]. The van der Waals surface area contributed by atoms with E-state index in [9.17, 15) is 0 Å². The predicted octanol–water partition coefficient (Wildman–Crippen LogP) is -0.0851. The van der Waals surface area contributed by atoms with Crippen LogP contribution in [0.5, 0.6) is 0 Å². The summed E-state index contributed by atoms with van der Waals surface area (Å²) in [6.45, 7) is 0. The van der Waals surface area contributed by atoms with Gasteiger partial charge in [-0.25, -0.2) is 0 Å². The fourth-order valence-electron chi connectivity index (χ4n) is 0. The van der Waals surface area contributed by atoms with E-state index in [2.05, 4.69) is 0 Å². The van der Waals surface area contributed by atoms with Crippen molar-refractivity contribution in [3.63, 3.8) is 0 Å². The third kappa shape index (κ3) is 12.9. The van der Waals surface area contributed by atoms with E-state index in [1.54, 1.807) is 0 Å². The van der Waals surface area contributed by atoms with Gasteiger partial charge in [-0.1, -0.05) is 0 Å². The van der Waals surface area contributed by atoms with Crippen LogP contribution in [-0.4, -0.2) is 0 Å². The van der Waals surface area contributed by atoms with E-state index in [4.69, 9.17) is 1.88 Å². The van der Waals surface area contributed by atoms with Gasteiger partial charge in [0.15, 0.2) is 0 Å². The van der Waals surface area contributed by atoms with Crippen molar-refractivity contribution in [2.45, 2.75) is 0 Å². The summed E-state index contributed by atoms with van der Waals surface area (Å²) in [4.78, 5) is 0. The Balaban J connectivity index is 0. The van der Waals surface area contributed by atoms with E-state index < -0.39 is 37.8 Å². The molecule has 0 atom stereocenters. The molecule has 0 N–H and O–H groups in total. The molecular weight excluding hydrogens is 191 g/mol.